The summed E-state index contributed by atoms with van der Waals surface area (Å²) < 4.78 is 5.34. The second-order valence-electron chi connectivity index (χ2n) is 5.00. The van der Waals surface area contributed by atoms with E-state index in [4.69, 9.17) is 4.74 Å². The fourth-order valence-electron chi connectivity index (χ4n) is 1.92. The van der Waals surface area contributed by atoms with E-state index in [-0.39, 0.29) is 22.9 Å². The van der Waals surface area contributed by atoms with Crippen molar-refractivity contribution in [3.63, 3.8) is 0 Å². The van der Waals surface area contributed by atoms with Gasteiger partial charge in [0.2, 0.25) is 5.91 Å². The maximum atomic E-state index is 11.9. The van der Waals surface area contributed by atoms with Crippen LogP contribution in [0.25, 0.3) is 0 Å². The molecule has 2 N–H and O–H groups in total. The molecule has 136 valence electrons. The van der Waals surface area contributed by atoms with Crippen molar-refractivity contribution in [2.24, 2.45) is 0 Å². The number of nitrogens with one attached hydrogen (secondary N) is 2. The molecule has 0 heterocycles. The van der Waals surface area contributed by atoms with Gasteiger partial charge in [-0.1, -0.05) is 0 Å². The fourth-order valence-corrected chi connectivity index (χ4v) is 2.62. The molecule has 2 rings (SSSR count). The first kappa shape index (κ1) is 19.3. The van der Waals surface area contributed by atoms with E-state index in [1.54, 1.807) is 0 Å². The molecule has 0 fully saturated rings. The molecule has 0 saturated carbocycles. The van der Waals surface area contributed by atoms with E-state index >= 15 is 0 Å². The van der Waals surface area contributed by atoms with Gasteiger partial charge in [0.15, 0.2) is 0 Å². The third kappa shape index (κ3) is 5.78. The van der Waals surface area contributed by atoms with Gasteiger partial charge in [-0.05, 0) is 43.3 Å². The largest absolute Gasteiger partial charge is 0.494 e. The fraction of sp³-hybridized carbons (Fsp3) is 0.176. The Kier molecular flexibility index (Phi) is 6.98. The quantitative estimate of drug-likeness (QED) is 0.437. The first-order valence-electron chi connectivity index (χ1n) is 7.69. The minimum atomic E-state index is -0.556. The lowest BCUT2D eigenvalue weighted by Crippen LogP contribution is -2.42. The summed E-state index contributed by atoms with van der Waals surface area (Å²) in [7, 11) is 0. The highest BCUT2D eigenvalue weighted by atomic mass is 32.2. The lowest BCUT2D eigenvalue weighted by Gasteiger charge is -2.08. The van der Waals surface area contributed by atoms with Gasteiger partial charge >= 0.3 is 0 Å². The van der Waals surface area contributed by atoms with Crippen LogP contribution in [0, 0.1) is 10.1 Å². The lowest BCUT2D eigenvalue weighted by atomic mass is 10.2. The Hall–Kier alpha value is -3.07. The van der Waals surface area contributed by atoms with E-state index in [9.17, 15) is 19.7 Å². The monoisotopic (exact) mass is 375 g/mol. The number of nitro benzene ring substituents is 1. The van der Waals surface area contributed by atoms with E-state index in [0.29, 0.717) is 6.61 Å². The van der Waals surface area contributed by atoms with Crippen LogP contribution in [0.2, 0.25) is 0 Å². The molecule has 0 aliphatic rings. The van der Waals surface area contributed by atoms with E-state index in [1.807, 2.05) is 31.2 Å². The van der Waals surface area contributed by atoms with Crippen LogP contribution in [0.15, 0.2) is 53.4 Å². The molecule has 26 heavy (non-hydrogen) atoms. The van der Waals surface area contributed by atoms with Crippen molar-refractivity contribution in [1.29, 1.82) is 0 Å². The number of carbonyl (C=O) groups is 2. The zero-order valence-electron chi connectivity index (χ0n) is 13.9. The van der Waals surface area contributed by atoms with Crippen molar-refractivity contribution in [2.75, 3.05) is 12.4 Å². The molecular weight excluding hydrogens is 358 g/mol. The maximum Gasteiger partial charge on any atom is 0.269 e. The van der Waals surface area contributed by atoms with Crippen LogP contribution in [0.4, 0.5) is 5.69 Å². The summed E-state index contributed by atoms with van der Waals surface area (Å²) in [4.78, 5) is 34.6. The normalized spacial score (nSPS) is 10.0. The van der Waals surface area contributed by atoms with Gasteiger partial charge in [0.25, 0.3) is 11.6 Å². The second kappa shape index (κ2) is 9.42. The summed E-state index contributed by atoms with van der Waals surface area (Å²) in [6.07, 6.45) is 0. The molecule has 0 spiro atoms. The van der Waals surface area contributed by atoms with Crippen LogP contribution in [-0.4, -0.2) is 29.1 Å². The number of hydrazine groups is 1. The van der Waals surface area contributed by atoms with Gasteiger partial charge in [-0.3, -0.25) is 30.6 Å². The van der Waals surface area contributed by atoms with E-state index in [0.717, 1.165) is 10.6 Å². The van der Waals surface area contributed by atoms with Crippen LogP contribution in [-0.2, 0) is 4.79 Å². The van der Waals surface area contributed by atoms with E-state index in [2.05, 4.69) is 10.9 Å². The van der Waals surface area contributed by atoms with E-state index < -0.39 is 10.8 Å². The molecule has 8 nitrogen and oxygen atoms in total. The standard InChI is InChI=1S/C17H17N3O5S/c1-2-25-14-7-9-15(10-8-14)26-11-16(21)18-19-17(22)12-3-5-13(6-4-12)20(23)24/h3-10H,2,11H2,1H3,(H,18,21)(H,19,22). The SMILES string of the molecule is CCOc1ccc(SCC(=O)NNC(=O)c2ccc([N+](=O)[O-])cc2)cc1. The number of nitro groups is 1. The summed E-state index contributed by atoms with van der Waals surface area (Å²) in [5, 5.41) is 10.6. The molecule has 0 atom stereocenters. The number of carbonyl (C=O) groups excluding carboxylic acids is 2. The molecule has 0 unspecified atom stereocenters. The average Bonchev–Trinajstić information content (AvgIpc) is 2.66. The summed E-state index contributed by atoms with van der Waals surface area (Å²) >= 11 is 1.31. The van der Waals surface area contributed by atoms with Crippen LogP contribution in [0.1, 0.15) is 17.3 Å². The van der Waals surface area contributed by atoms with Gasteiger partial charge < -0.3 is 4.74 Å². The predicted octanol–water partition coefficient (Wildman–Crippen LogP) is 2.55. The van der Waals surface area contributed by atoms with Crippen molar-refractivity contribution in [3.8, 4) is 5.75 Å². The van der Waals surface area contributed by atoms with Crippen molar-refractivity contribution >= 4 is 29.3 Å². The highest BCUT2D eigenvalue weighted by molar-refractivity contribution is 8.00. The summed E-state index contributed by atoms with van der Waals surface area (Å²) in [6, 6.07) is 12.4. The van der Waals surface area contributed by atoms with Crippen molar-refractivity contribution in [3.05, 3.63) is 64.2 Å². The topological polar surface area (TPSA) is 111 Å². The Morgan fingerprint density at radius 2 is 1.73 bits per heavy atom. The third-order valence-corrected chi connectivity index (χ3v) is 4.17. The Labute approximate surface area is 154 Å². The first-order chi connectivity index (χ1) is 12.5. The Morgan fingerprint density at radius 1 is 1.08 bits per heavy atom. The zero-order valence-corrected chi connectivity index (χ0v) is 14.7. The molecule has 0 saturated heterocycles. The van der Waals surface area contributed by atoms with Crippen LogP contribution in [0.3, 0.4) is 0 Å². The van der Waals surface area contributed by atoms with Gasteiger partial charge in [-0.15, -0.1) is 11.8 Å². The van der Waals surface area contributed by atoms with Gasteiger partial charge in [0, 0.05) is 22.6 Å². The number of nitrogens with zero attached hydrogens (tertiary/aromatic N) is 1. The number of hydrogen-bond donors (Lipinski definition) is 2. The third-order valence-electron chi connectivity index (χ3n) is 3.16. The summed E-state index contributed by atoms with van der Waals surface area (Å²) in [5.41, 5.74) is 4.66. The summed E-state index contributed by atoms with van der Waals surface area (Å²) in [6.45, 7) is 2.49. The Balaban J connectivity index is 1.77. The van der Waals surface area contributed by atoms with Crippen molar-refractivity contribution < 1.29 is 19.2 Å². The van der Waals surface area contributed by atoms with Crippen LogP contribution >= 0.6 is 11.8 Å². The number of hydrogen-bond acceptors (Lipinski definition) is 6. The van der Waals surface area contributed by atoms with E-state index in [1.165, 1.54) is 36.0 Å². The second-order valence-corrected chi connectivity index (χ2v) is 6.05. The molecule has 0 radical (unpaired) electrons. The Morgan fingerprint density at radius 3 is 2.31 bits per heavy atom. The molecule has 2 aromatic rings. The number of amides is 2. The van der Waals surface area contributed by atoms with Crippen molar-refractivity contribution in [2.45, 2.75) is 11.8 Å². The average molecular weight is 375 g/mol. The predicted molar refractivity (Wildman–Crippen MR) is 97.0 cm³/mol. The number of thioether (sulfide) groups is 1. The summed E-state index contributed by atoms with van der Waals surface area (Å²) in [5.74, 6) is -0.0516. The molecule has 0 aliphatic carbocycles. The van der Waals surface area contributed by atoms with Crippen LogP contribution < -0.4 is 15.6 Å². The molecular formula is C17H17N3O5S. The number of rotatable bonds is 7. The van der Waals surface area contributed by atoms with Crippen LogP contribution in [0.5, 0.6) is 5.75 Å². The molecule has 0 aliphatic heterocycles. The van der Waals surface area contributed by atoms with Gasteiger partial charge in [-0.25, -0.2) is 0 Å². The maximum absolute atomic E-state index is 11.9. The first-order valence-corrected chi connectivity index (χ1v) is 8.67. The van der Waals surface area contributed by atoms with Gasteiger partial charge in [-0.2, -0.15) is 0 Å². The van der Waals surface area contributed by atoms with Crippen molar-refractivity contribution in [1.82, 2.24) is 10.9 Å². The Bertz CT molecular complexity index is 778. The molecule has 0 aromatic heterocycles. The molecule has 2 amide bonds. The highest BCUT2D eigenvalue weighted by Gasteiger charge is 2.10. The minimum Gasteiger partial charge on any atom is -0.494 e. The lowest BCUT2D eigenvalue weighted by molar-refractivity contribution is -0.384. The van der Waals surface area contributed by atoms with Gasteiger partial charge in [0.05, 0.1) is 17.3 Å². The number of ether oxygens (including phenoxy) is 1. The smallest absolute Gasteiger partial charge is 0.269 e. The number of benzene rings is 2. The highest BCUT2D eigenvalue weighted by Crippen LogP contribution is 2.21. The molecule has 2 aromatic carbocycles. The molecule has 9 heteroatoms. The zero-order chi connectivity index (χ0) is 18.9. The minimum absolute atomic E-state index is 0.114. The number of non-ortho nitro benzene ring substituents is 1. The van der Waals surface area contributed by atoms with Gasteiger partial charge in [0.1, 0.15) is 5.75 Å². The molecule has 0 bridgehead atoms.